The van der Waals surface area contributed by atoms with Crippen LogP contribution in [0, 0.1) is 6.92 Å². The maximum absolute atomic E-state index is 12.7. The molecule has 1 fully saturated rings. The van der Waals surface area contributed by atoms with Crippen molar-refractivity contribution < 1.29 is 17.6 Å². The third-order valence-corrected chi connectivity index (χ3v) is 5.14. The number of benzene rings is 1. The molecule has 6 nitrogen and oxygen atoms in total. The van der Waals surface area contributed by atoms with E-state index in [0.717, 1.165) is 30.4 Å². The second kappa shape index (κ2) is 6.32. The van der Waals surface area contributed by atoms with E-state index in [1.807, 2.05) is 13.0 Å². The van der Waals surface area contributed by atoms with Gasteiger partial charge in [-0.15, -0.1) is 0 Å². The molecule has 1 heterocycles. The van der Waals surface area contributed by atoms with Gasteiger partial charge in [0.25, 0.3) is 0 Å². The summed E-state index contributed by atoms with van der Waals surface area (Å²) in [5.41, 5.74) is 1.32. The molecular formula is C17H20N2O4S. The number of rotatable bonds is 5. The lowest BCUT2D eigenvalue weighted by molar-refractivity contribution is 0.201. The van der Waals surface area contributed by atoms with Gasteiger partial charge in [-0.1, -0.05) is 6.07 Å². The van der Waals surface area contributed by atoms with Crippen molar-refractivity contribution in [1.29, 1.82) is 0 Å². The summed E-state index contributed by atoms with van der Waals surface area (Å²) in [4.78, 5) is 14.6. The first kappa shape index (κ1) is 16.6. The Balaban J connectivity index is 1.80. The largest absolute Gasteiger partial charge is 0.467 e. The molecular weight excluding hydrogens is 328 g/mol. The highest BCUT2D eigenvalue weighted by molar-refractivity contribution is 7.90. The Kier molecular flexibility index (Phi) is 4.36. The molecule has 128 valence electrons. The first-order chi connectivity index (χ1) is 11.3. The van der Waals surface area contributed by atoms with Crippen LogP contribution in [0.25, 0.3) is 0 Å². The average molecular weight is 348 g/mol. The van der Waals surface area contributed by atoms with E-state index >= 15 is 0 Å². The monoisotopic (exact) mass is 348 g/mol. The van der Waals surface area contributed by atoms with Crippen LogP contribution in [0.3, 0.4) is 0 Å². The number of furan rings is 1. The normalized spacial score (nSPS) is 14.4. The Morgan fingerprint density at radius 1 is 1.33 bits per heavy atom. The van der Waals surface area contributed by atoms with E-state index < -0.39 is 9.84 Å². The molecule has 3 rings (SSSR count). The fraction of sp³-hybridized carbons (Fsp3) is 0.353. The summed E-state index contributed by atoms with van der Waals surface area (Å²) in [5.74, 6) is 0.721. The molecule has 1 aliphatic rings. The number of urea groups is 1. The molecule has 0 bridgehead atoms. The van der Waals surface area contributed by atoms with Crippen molar-refractivity contribution >= 4 is 21.6 Å². The van der Waals surface area contributed by atoms with Crippen molar-refractivity contribution in [1.82, 2.24) is 4.90 Å². The van der Waals surface area contributed by atoms with Crippen molar-refractivity contribution in [3.8, 4) is 0 Å². The van der Waals surface area contributed by atoms with Crippen LogP contribution >= 0.6 is 0 Å². The predicted octanol–water partition coefficient (Wildman–Crippen LogP) is 3.19. The number of sulfone groups is 1. The van der Waals surface area contributed by atoms with Crippen molar-refractivity contribution in [2.24, 2.45) is 0 Å². The van der Waals surface area contributed by atoms with Gasteiger partial charge in [0.2, 0.25) is 0 Å². The zero-order valence-corrected chi connectivity index (χ0v) is 14.5. The van der Waals surface area contributed by atoms with E-state index in [1.165, 1.54) is 6.07 Å². The Morgan fingerprint density at radius 3 is 2.67 bits per heavy atom. The smallest absolute Gasteiger partial charge is 0.322 e. The van der Waals surface area contributed by atoms with Gasteiger partial charge in [-0.2, -0.15) is 0 Å². The van der Waals surface area contributed by atoms with Crippen molar-refractivity contribution in [2.75, 3.05) is 11.6 Å². The van der Waals surface area contributed by atoms with Crippen LogP contribution in [0.4, 0.5) is 10.5 Å². The lowest BCUT2D eigenvalue weighted by atomic mass is 10.2. The molecule has 7 heteroatoms. The van der Waals surface area contributed by atoms with Crippen molar-refractivity contribution in [3.05, 3.63) is 47.9 Å². The molecule has 2 aromatic rings. The third-order valence-electron chi connectivity index (χ3n) is 4.03. The number of amides is 2. The van der Waals surface area contributed by atoms with E-state index in [-0.39, 0.29) is 17.0 Å². The van der Waals surface area contributed by atoms with Gasteiger partial charge in [0.15, 0.2) is 9.84 Å². The fourth-order valence-corrected chi connectivity index (χ4v) is 3.12. The molecule has 2 amide bonds. The quantitative estimate of drug-likeness (QED) is 0.900. The van der Waals surface area contributed by atoms with Gasteiger partial charge in [-0.05, 0) is 49.6 Å². The van der Waals surface area contributed by atoms with E-state index in [2.05, 4.69) is 5.32 Å². The van der Waals surface area contributed by atoms with Gasteiger partial charge in [0.05, 0.1) is 17.7 Å². The number of hydrogen-bond acceptors (Lipinski definition) is 4. The molecule has 0 unspecified atom stereocenters. The van der Waals surface area contributed by atoms with Gasteiger partial charge in [0.1, 0.15) is 5.76 Å². The minimum atomic E-state index is -3.32. The summed E-state index contributed by atoms with van der Waals surface area (Å²) in [7, 11) is -3.32. The van der Waals surface area contributed by atoms with E-state index in [1.54, 1.807) is 29.4 Å². The molecule has 1 saturated carbocycles. The minimum absolute atomic E-state index is 0.187. The van der Waals surface area contributed by atoms with Crippen molar-refractivity contribution in [3.63, 3.8) is 0 Å². The predicted molar refractivity (Wildman–Crippen MR) is 90.6 cm³/mol. The Hall–Kier alpha value is -2.28. The highest BCUT2D eigenvalue weighted by atomic mass is 32.2. The van der Waals surface area contributed by atoms with Crippen LogP contribution in [0.15, 0.2) is 45.9 Å². The first-order valence-electron chi connectivity index (χ1n) is 7.75. The van der Waals surface area contributed by atoms with Crippen LogP contribution in [0.2, 0.25) is 0 Å². The summed E-state index contributed by atoms with van der Waals surface area (Å²) < 4.78 is 28.7. The molecule has 1 aromatic heterocycles. The van der Waals surface area contributed by atoms with Crippen LogP contribution in [-0.4, -0.2) is 31.6 Å². The highest BCUT2D eigenvalue weighted by Gasteiger charge is 2.33. The zero-order chi connectivity index (χ0) is 17.3. The lowest BCUT2D eigenvalue weighted by Gasteiger charge is -2.22. The molecule has 0 aliphatic heterocycles. The highest BCUT2D eigenvalue weighted by Crippen LogP contribution is 2.30. The van der Waals surface area contributed by atoms with Crippen LogP contribution in [-0.2, 0) is 16.4 Å². The van der Waals surface area contributed by atoms with Crippen molar-refractivity contribution in [2.45, 2.75) is 37.2 Å². The van der Waals surface area contributed by atoms with Gasteiger partial charge >= 0.3 is 6.03 Å². The molecule has 0 radical (unpaired) electrons. The molecule has 24 heavy (non-hydrogen) atoms. The Bertz CT molecular complexity index is 839. The van der Waals surface area contributed by atoms with Gasteiger partial charge < -0.3 is 14.6 Å². The fourth-order valence-electron chi connectivity index (χ4n) is 2.48. The van der Waals surface area contributed by atoms with E-state index in [4.69, 9.17) is 4.42 Å². The summed E-state index contributed by atoms with van der Waals surface area (Å²) in [6, 6.07) is 8.31. The second-order valence-electron chi connectivity index (χ2n) is 6.12. The zero-order valence-electron chi connectivity index (χ0n) is 13.7. The van der Waals surface area contributed by atoms with Gasteiger partial charge in [-0.3, -0.25) is 0 Å². The summed E-state index contributed by atoms with van der Waals surface area (Å²) in [6.07, 6.45) is 4.67. The number of carbonyl (C=O) groups is 1. The maximum Gasteiger partial charge on any atom is 0.322 e. The topological polar surface area (TPSA) is 79.6 Å². The maximum atomic E-state index is 12.7. The first-order valence-corrected chi connectivity index (χ1v) is 9.64. The molecule has 1 aliphatic carbocycles. The van der Waals surface area contributed by atoms with Crippen LogP contribution in [0.5, 0.6) is 0 Å². The van der Waals surface area contributed by atoms with Gasteiger partial charge in [0, 0.05) is 18.0 Å². The number of nitrogens with one attached hydrogen (secondary N) is 1. The summed E-state index contributed by atoms with van der Waals surface area (Å²) >= 11 is 0. The number of hydrogen-bond donors (Lipinski definition) is 1. The van der Waals surface area contributed by atoms with E-state index in [9.17, 15) is 13.2 Å². The molecule has 0 spiro atoms. The Morgan fingerprint density at radius 2 is 2.08 bits per heavy atom. The standard InChI is InChI=1S/C17H20N2O4S/c1-12-5-8-15(24(2,21)22)10-16(12)18-17(20)19(13-6-7-13)11-14-4-3-9-23-14/h3-5,8-10,13H,6-7,11H2,1-2H3,(H,18,20). The van der Waals surface area contributed by atoms with Crippen LogP contribution < -0.4 is 5.32 Å². The number of aryl methyl sites for hydroxylation is 1. The Labute approximate surface area is 141 Å². The van der Waals surface area contributed by atoms with E-state index in [0.29, 0.717) is 12.2 Å². The number of nitrogens with zero attached hydrogens (tertiary/aromatic N) is 1. The van der Waals surface area contributed by atoms with Crippen LogP contribution in [0.1, 0.15) is 24.2 Å². The summed E-state index contributed by atoms with van der Waals surface area (Å²) in [5, 5.41) is 2.84. The summed E-state index contributed by atoms with van der Waals surface area (Å²) in [6.45, 7) is 2.23. The minimum Gasteiger partial charge on any atom is -0.467 e. The second-order valence-corrected chi connectivity index (χ2v) is 8.13. The lowest BCUT2D eigenvalue weighted by Crippen LogP contribution is -2.36. The average Bonchev–Trinajstić information content (AvgIpc) is 3.22. The molecule has 0 saturated heterocycles. The third kappa shape index (κ3) is 3.79. The molecule has 1 aromatic carbocycles. The molecule has 1 N–H and O–H groups in total. The molecule has 0 atom stereocenters. The SMILES string of the molecule is Cc1ccc(S(C)(=O)=O)cc1NC(=O)N(Cc1ccco1)C1CC1. The number of anilines is 1. The van der Waals surface area contributed by atoms with Gasteiger partial charge in [-0.25, -0.2) is 13.2 Å². The number of carbonyl (C=O) groups excluding carboxylic acids is 1.